The zero-order chi connectivity index (χ0) is 13.7. The Labute approximate surface area is 119 Å². The molecule has 1 aliphatic heterocycles. The first-order valence-corrected chi connectivity index (χ1v) is 8.04. The normalized spacial score (nSPS) is 18.8. The van der Waals surface area contributed by atoms with Crippen molar-refractivity contribution in [1.82, 2.24) is 10.3 Å². The zero-order valence-electron chi connectivity index (χ0n) is 10.2. The van der Waals surface area contributed by atoms with Crippen LogP contribution in [0.15, 0.2) is 18.3 Å². The Hall–Kier alpha value is -1.21. The van der Waals surface area contributed by atoms with Gasteiger partial charge in [0.2, 0.25) is 0 Å². The van der Waals surface area contributed by atoms with E-state index in [-0.39, 0.29) is 11.6 Å². The lowest BCUT2D eigenvalue weighted by atomic mass is 10.2. The average Bonchev–Trinajstić information content (AvgIpc) is 2.46. The predicted octanol–water partition coefficient (Wildman–Crippen LogP) is 1.36. The number of aromatic carboxylic acids is 1. The first-order valence-electron chi connectivity index (χ1n) is 5.83. The third-order valence-electron chi connectivity index (χ3n) is 2.62. The van der Waals surface area contributed by atoms with E-state index in [0.29, 0.717) is 17.4 Å². The number of carbonyl (C=O) groups is 2. The van der Waals surface area contributed by atoms with Crippen molar-refractivity contribution in [3.8, 4) is 0 Å². The summed E-state index contributed by atoms with van der Waals surface area (Å²) in [4.78, 5) is 26.4. The Morgan fingerprint density at radius 1 is 1.47 bits per heavy atom. The van der Waals surface area contributed by atoms with Crippen LogP contribution in [0.25, 0.3) is 0 Å². The molecule has 2 rings (SSSR count). The van der Waals surface area contributed by atoms with Crippen LogP contribution in [-0.4, -0.2) is 51.0 Å². The van der Waals surface area contributed by atoms with E-state index in [1.54, 1.807) is 0 Å². The van der Waals surface area contributed by atoms with E-state index in [1.807, 2.05) is 23.5 Å². The third kappa shape index (κ3) is 4.14. The van der Waals surface area contributed by atoms with Crippen LogP contribution in [0.3, 0.4) is 0 Å². The fraction of sp³-hybridized carbons (Fsp3) is 0.417. The number of thioether (sulfide) groups is 2. The molecule has 1 unspecified atom stereocenters. The van der Waals surface area contributed by atoms with Gasteiger partial charge in [0.1, 0.15) is 5.69 Å². The number of carboxylic acids is 1. The molecule has 19 heavy (non-hydrogen) atoms. The highest BCUT2D eigenvalue weighted by atomic mass is 32.2. The lowest BCUT2D eigenvalue weighted by Crippen LogP contribution is -2.33. The number of hydrogen-bond acceptors (Lipinski definition) is 5. The van der Waals surface area contributed by atoms with Crippen molar-refractivity contribution < 1.29 is 14.7 Å². The van der Waals surface area contributed by atoms with Gasteiger partial charge in [-0.1, -0.05) is 0 Å². The molecule has 7 heteroatoms. The molecule has 0 saturated carbocycles. The number of nitrogens with one attached hydrogen (secondary N) is 1. The van der Waals surface area contributed by atoms with Crippen LogP contribution < -0.4 is 5.32 Å². The smallest absolute Gasteiger partial charge is 0.354 e. The number of hydrogen-bond donors (Lipinski definition) is 2. The van der Waals surface area contributed by atoms with Crippen molar-refractivity contribution in [3.63, 3.8) is 0 Å². The van der Waals surface area contributed by atoms with E-state index in [0.717, 1.165) is 11.5 Å². The van der Waals surface area contributed by atoms with E-state index in [4.69, 9.17) is 5.11 Å². The van der Waals surface area contributed by atoms with Crippen molar-refractivity contribution in [2.45, 2.75) is 5.25 Å². The summed E-state index contributed by atoms with van der Waals surface area (Å²) in [5.74, 6) is 1.95. The molecule has 1 amide bonds. The summed E-state index contributed by atoms with van der Waals surface area (Å²) in [6.45, 7) is 0.612. The SMILES string of the molecule is O=C(NCC1CSCCS1)c1ccnc(C(=O)O)c1. The molecule has 0 aliphatic carbocycles. The van der Waals surface area contributed by atoms with Gasteiger partial charge in [-0.15, -0.1) is 0 Å². The number of nitrogens with zero attached hydrogens (tertiary/aromatic N) is 1. The van der Waals surface area contributed by atoms with Crippen LogP contribution in [0.1, 0.15) is 20.8 Å². The van der Waals surface area contributed by atoms with Crippen LogP contribution in [0, 0.1) is 0 Å². The molecule has 0 bridgehead atoms. The lowest BCUT2D eigenvalue weighted by molar-refractivity contribution is 0.0690. The molecule has 1 fully saturated rings. The van der Waals surface area contributed by atoms with Crippen LogP contribution in [-0.2, 0) is 0 Å². The Morgan fingerprint density at radius 3 is 3.00 bits per heavy atom. The first kappa shape index (κ1) is 14.2. The summed E-state index contributed by atoms with van der Waals surface area (Å²) < 4.78 is 0. The second-order valence-electron chi connectivity index (χ2n) is 4.01. The highest BCUT2D eigenvalue weighted by molar-refractivity contribution is 8.06. The van der Waals surface area contributed by atoms with Crippen LogP contribution >= 0.6 is 23.5 Å². The molecule has 1 aliphatic rings. The summed E-state index contributed by atoms with van der Waals surface area (Å²) in [5, 5.41) is 12.1. The molecule has 1 aromatic heterocycles. The number of carbonyl (C=O) groups excluding carboxylic acids is 1. The molecule has 1 aromatic rings. The lowest BCUT2D eigenvalue weighted by Gasteiger charge is -2.21. The van der Waals surface area contributed by atoms with E-state index in [9.17, 15) is 9.59 Å². The molecule has 0 aromatic carbocycles. The van der Waals surface area contributed by atoms with Gasteiger partial charge in [0, 0.05) is 40.8 Å². The average molecular weight is 298 g/mol. The number of amides is 1. The molecule has 102 valence electrons. The van der Waals surface area contributed by atoms with Gasteiger partial charge < -0.3 is 10.4 Å². The standard InChI is InChI=1S/C12H14N2O3S2/c15-11(14-6-9-7-18-3-4-19-9)8-1-2-13-10(5-8)12(16)17/h1-2,5,9H,3-4,6-7H2,(H,14,15)(H,16,17). The second-order valence-corrected chi connectivity index (χ2v) is 6.57. The van der Waals surface area contributed by atoms with Crippen LogP contribution in [0.5, 0.6) is 0 Å². The fourth-order valence-electron chi connectivity index (χ4n) is 1.65. The minimum atomic E-state index is -1.13. The largest absolute Gasteiger partial charge is 0.477 e. The highest BCUT2D eigenvalue weighted by Gasteiger charge is 2.16. The summed E-state index contributed by atoms with van der Waals surface area (Å²) >= 11 is 3.76. The van der Waals surface area contributed by atoms with Crippen molar-refractivity contribution in [2.24, 2.45) is 0 Å². The second kappa shape index (κ2) is 6.81. The minimum Gasteiger partial charge on any atom is -0.477 e. The Bertz CT molecular complexity index is 476. The first-order chi connectivity index (χ1) is 9.16. The molecule has 2 N–H and O–H groups in total. The maximum absolute atomic E-state index is 11.9. The number of carboxylic acid groups (broad SMARTS) is 1. The van der Waals surface area contributed by atoms with E-state index >= 15 is 0 Å². The van der Waals surface area contributed by atoms with Gasteiger partial charge in [0.15, 0.2) is 0 Å². The predicted molar refractivity (Wildman–Crippen MR) is 77.1 cm³/mol. The summed E-state index contributed by atoms with van der Waals surface area (Å²) in [6, 6.07) is 2.81. The monoisotopic (exact) mass is 298 g/mol. The van der Waals surface area contributed by atoms with Gasteiger partial charge in [0.25, 0.3) is 5.91 Å². The van der Waals surface area contributed by atoms with Crippen molar-refractivity contribution in [3.05, 3.63) is 29.6 Å². The molecule has 1 saturated heterocycles. The van der Waals surface area contributed by atoms with Crippen molar-refractivity contribution in [1.29, 1.82) is 0 Å². The number of aromatic nitrogens is 1. The molecular weight excluding hydrogens is 284 g/mol. The Morgan fingerprint density at radius 2 is 2.32 bits per heavy atom. The Balaban J connectivity index is 1.92. The van der Waals surface area contributed by atoms with Gasteiger partial charge in [-0.2, -0.15) is 23.5 Å². The maximum Gasteiger partial charge on any atom is 0.354 e. The van der Waals surface area contributed by atoms with Gasteiger partial charge in [0.05, 0.1) is 0 Å². The summed E-state index contributed by atoms with van der Waals surface area (Å²) in [5.41, 5.74) is 0.219. The minimum absolute atomic E-state index is 0.116. The van der Waals surface area contributed by atoms with Crippen molar-refractivity contribution in [2.75, 3.05) is 23.8 Å². The molecule has 0 radical (unpaired) electrons. The fourth-order valence-corrected chi connectivity index (χ4v) is 4.26. The van der Waals surface area contributed by atoms with E-state index in [1.165, 1.54) is 24.1 Å². The molecule has 1 atom stereocenters. The molecule has 5 nitrogen and oxygen atoms in total. The van der Waals surface area contributed by atoms with E-state index in [2.05, 4.69) is 10.3 Å². The topological polar surface area (TPSA) is 79.3 Å². The third-order valence-corrected chi connectivity index (χ3v) is 5.46. The van der Waals surface area contributed by atoms with Crippen LogP contribution in [0.4, 0.5) is 0 Å². The van der Waals surface area contributed by atoms with Gasteiger partial charge in [-0.3, -0.25) is 4.79 Å². The highest BCUT2D eigenvalue weighted by Crippen LogP contribution is 2.23. The van der Waals surface area contributed by atoms with E-state index < -0.39 is 5.97 Å². The number of rotatable bonds is 4. The number of pyridine rings is 1. The molecular formula is C12H14N2O3S2. The molecule has 0 spiro atoms. The quantitative estimate of drug-likeness (QED) is 0.874. The van der Waals surface area contributed by atoms with Gasteiger partial charge in [-0.25, -0.2) is 9.78 Å². The summed E-state index contributed by atoms with van der Waals surface area (Å²) in [7, 11) is 0. The molecule has 2 heterocycles. The van der Waals surface area contributed by atoms with Gasteiger partial charge >= 0.3 is 5.97 Å². The van der Waals surface area contributed by atoms with Crippen LogP contribution in [0.2, 0.25) is 0 Å². The Kier molecular flexibility index (Phi) is 5.09. The summed E-state index contributed by atoms with van der Waals surface area (Å²) in [6.07, 6.45) is 1.34. The van der Waals surface area contributed by atoms with Crippen molar-refractivity contribution >= 4 is 35.4 Å². The maximum atomic E-state index is 11.9. The zero-order valence-corrected chi connectivity index (χ0v) is 11.8. The van der Waals surface area contributed by atoms with Gasteiger partial charge in [-0.05, 0) is 12.1 Å².